The Labute approximate surface area is 86.3 Å². The van der Waals surface area contributed by atoms with Crippen LogP contribution < -0.4 is 22.1 Å². The molecule has 0 amide bonds. The first-order valence-electron chi connectivity index (χ1n) is 4.84. The Hall–Kier alpha value is -0.810. The van der Waals surface area contributed by atoms with E-state index in [2.05, 4.69) is 15.6 Å². The van der Waals surface area contributed by atoms with Gasteiger partial charge >= 0.3 is 0 Å². The molecule has 0 unspecified atom stereocenters. The van der Waals surface area contributed by atoms with Crippen molar-refractivity contribution in [3.8, 4) is 0 Å². The van der Waals surface area contributed by atoms with Crippen molar-refractivity contribution < 1.29 is 0 Å². The van der Waals surface area contributed by atoms with E-state index in [-0.39, 0.29) is 5.66 Å². The van der Waals surface area contributed by atoms with Gasteiger partial charge in [0.25, 0.3) is 0 Å². The van der Waals surface area contributed by atoms with Gasteiger partial charge in [-0.1, -0.05) is 6.92 Å². The van der Waals surface area contributed by atoms with Crippen LogP contribution in [0.5, 0.6) is 0 Å². The highest BCUT2D eigenvalue weighted by Crippen LogP contribution is 2.02. The van der Waals surface area contributed by atoms with Crippen molar-refractivity contribution in [2.24, 2.45) is 16.5 Å². The summed E-state index contributed by atoms with van der Waals surface area (Å²) in [5.41, 5.74) is 10.5. The van der Waals surface area contributed by atoms with Crippen LogP contribution >= 0.6 is 0 Å². The Morgan fingerprint density at radius 1 is 1.29 bits per heavy atom. The highest BCUT2D eigenvalue weighted by atomic mass is 15.2. The second-order valence-corrected chi connectivity index (χ2v) is 4.43. The van der Waals surface area contributed by atoms with E-state index in [9.17, 15) is 0 Å². The van der Waals surface area contributed by atoms with Gasteiger partial charge in [-0.05, 0) is 34.2 Å². The van der Waals surface area contributed by atoms with Crippen molar-refractivity contribution in [3.63, 3.8) is 0 Å². The van der Waals surface area contributed by atoms with Crippen LogP contribution in [-0.4, -0.2) is 23.8 Å². The lowest BCUT2D eigenvalue weighted by atomic mass is 10.2. The Bertz CT molecular complexity index is 202. The predicted molar refractivity (Wildman–Crippen MR) is 60.8 cm³/mol. The molecule has 5 heteroatoms. The van der Waals surface area contributed by atoms with Gasteiger partial charge in [-0.2, -0.15) is 0 Å². The molecule has 0 aromatic rings. The fraction of sp³-hybridized carbons (Fsp3) is 0.889. The Kier molecular flexibility index (Phi) is 4.35. The second-order valence-electron chi connectivity index (χ2n) is 4.43. The van der Waals surface area contributed by atoms with E-state index in [1.54, 1.807) is 0 Å². The summed E-state index contributed by atoms with van der Waals surface area (Å²) in [5.74, 6) is 0.350. The van der Waals surface area contributed by atoms with Gasteiger partial charge in [-0.25, -0.2) is 4.99 Å². The normalized spacial score (nSPS) is 14.3. The Morgan fingerprint density at radius 2 is 1.79 bits per heavy atom. The molecular formula is C9H23N5. The minimum Gasteiger partial charge on any atom is -0.370 e. The molecular weight excluding hydrogens is 178 g/mol. The zero-order chi connectivity index (χ0) is 11.4. The van der Waals surface area contributed by atoms with Crippen LogP contribution in [0.3, 0.4) is 0 Å². The molecule has 0 aliphatic heterocycles. The Morgan fingerprint density at radius 3 is 2.14 bits per heavy atom. The third kappa shape index (κ3) is 6.68. The number of guanidine groups is 1. The molecule has 0 aromatic carbocycles. The number of nitrogens with one attached hydrogen (secondary N) is 2. The molecule has 6 N–H and O–H groups in total. The van der Waals surface area contributed by atoms with Crippen molar-refractivity contribution in [2.45, 2.75) is 45.9 Å². The zero-order valence-electron chi connectivity index (χ0n) is 9.81. The molecule has 0 spiro atoms. The predicted octanol–water partition coefficient (Wildman–Crippen LogP) is -0.0689. The minimum atomic E-state index is -0.546. The topological polar surface area (TPSA) is 88.5 Å². The third-order valence-electron chi connectivity index (χ3n) is 1.46. The van der Waals surface area contributed by atoms with E-state index in [1.165, 1.54) is 0 Å². The van der Waals surface area contributed by atoms with E-state index in [1.807, 2.05) is 34.6 Å². The van der Waals surface area contributed by atoms with Gasteiger partial charge in [-0.3, -0.25) is 5.32 Å². The van der Waals surface area contributed by atoms with E-state index in [0.29, 0.717) is 5.96 Å². The van der Waals surface area contributed by atoms with E-state index < -0.39 is 5.66 Å². The van der Waals surface area contributed by atoms with Crippen LogP contribution in [0.2, 0.25) is 0 Å². The number of hydrogen-bond donors (Lipinski definition) is 4. The van der Waals surface area contributed by atoms with Gasteiger partial charge in [-0.15, -0.1) is 0 Å². The summed E-state index contributed by atoms with van der Waals surface area (Å²) < 4.78 is 0. The molecule has 0 saturated heterocycles. The molecule has 0 rings (SSSR count). The van der Waals surface area contributed by atoms with Crippen molar-refractivity contribution in [3.05, 3.63) is 0 Å². The SMILES string of the molecule is CCNC(C)(C)N=C(N)NC(C)(C)N. The monoisotopic (exact) mass is 201 g/mol. The number of rotatable bonds is 4. The van der Waals surface area contributed by atoms with Crippen LogP contribution in [0.1, 0.15) is 34.6 Å². The number of nitrogens with two attached hydrogens (primary N) is 2. The maximum absolute atomic E-state index is 5.74. The fourth-order valence-corrected chi connectivity index (χ4v) is 1.13. The number of aliphatic imine (C=N–C) groups is 1. The molecule has 0 aliphatic carbocycles. The van der Waals surface area contributed by atoms with Crippen LogP contribution in [0.4, 0.5) is 0 Å². The van der Waals surface area contributed by atoms with Gasteiger partial charge in [0, 0.05) is 0 Å². The molecule has 0 radical (unpaired) electrons. The third-order valence-corrected chi connectivity index (χ3v) is 1.46. The average Bonchev–Trinajstić information content (AvgIpc) is 1.78. The average molecular weight is 201 g/mol. The number of nitrogens with zero attached hydrogens (tertiary/aromatic N) is 1. The lowest BCUT2D eigenvalue weighted by molar-refractivity contribution is 0.410. The number of hydrogen-bond acceptors (Lipinski definition) is 3. The van der Waals surface area contributed by atoms with Gasteiger partial charge in [0.2, 0.25) is 0 Å². The van der Waals surface area contributed by atoms with Crippen LogP contribution in [0, 0.1) is 0 Å². The summed E-state index contributed by atoms with van der Waals surface area (Å²) >= 11 is 0. The van der Waals surface area contributed by atoms with E-state index in [0.717, 1.165) is 6.54 Å². The van der Waals surface area contributed by atoms with Crippen LogP contribution in [0.15, 0.2) is 4.99 Å². The summed E-state index contributed by atoms with van der Waals surface area (Å²) in [7, 11) is 0. The summed E-state index contributed by atoms with van der Waals surface area (Å²) in [6, 6.07) is 0. The lowest BCUT2D eigenvalue weighted by Gasteiger charge is -2.25. The summed E-state index contributed by atoms with van der Waals surface area (Å²) in [4.78, 5) is 4.28. The standard InChI is InChI=1S/C9H23N5/c1-6-12-9(4,5)14-7(10)13-8(2,3)11/h12H,6,11H2,1-5H3,(H3,10,13,14). The highest BCUT2D eigenvalue weighted by Gasteiger charge is 2.16. The molecule has 0 saturated carbocycles. The van der Waals surface area contributed by atoms with Crippen molar-refractivity contribution in [1.82, 2.24) is 10.6 Å². The molecule has 0 bridgehead atoms. The quantitative estimate of drug-likeness (QED) is 0.291. The summed E-state index contributed by atoms with van der Waals surface area (Å²) in [6.45, 7) is 10.4. The minimum absolute atomic E-state index is 0.350. The summed E-state index contributed by atoms with van der Waals surface area (Å²) in [6.07, 6.45) is 0. The van der Waals surface area contributed by atoms with Gasteiger partial charge < -0.3 is 16.8 Å². The molecule has 0 fully saturated rings. The smallest absolute Gasteiger partial charge is 0.191 e. The fourth-order valence-electron chi connectivity index (χ4n) is 1.13. The molecule has 0 aromatic heterocycles. The lowest BCUT2D eigenvalue weighted by Crippen LogP contribution is -2.54. The molecule has 0 heterocycles. The Balaban J connectivity index is 4.36. The summed E-state index contributed by atoms with van der Waals surface area (Å²) in [5, 5.41) is 6.09. The largest absolute Gasteiger partial charge is 0.370 e. The van der Waals surface area contributed by atoms with Gasteiger partial charge in [0.15, 0.2) is 5.96 Å². The maximum atomic E-state index is 5.74. The molecule has 5 nitrogen and oxygen atoms in total. The van der Waals surface area contributed by atoms with Crippen molar-refractivity contribution in [1.29, 1.82) is 0 Å². The molecule has 0 aliphatic rings. The maximum Gasteiger partial charge on any atom is 0.191 e. The first-order valence-corrected chi connectivity index (χ1v) is 4.84. The van der Waals surface area contributed by atoms with E-state index in [4.69, 9.17) is 11.5 Å². The highest BCUT2D eigenvalue weighted by molar-refractivity contribution is 5.78. The van der Waals surface area contributed by atoms with Gasteiger partial charge in [0.05, 0.1) is 5.66 Å². The van der Waals surface area contributed by atoms with Crippen molar-refractivity contribution >= 4 is 5.96 Å². The van der Waals surface area contributed by atoms with Crippen LogP contribution in [0.25, 0.3) is 0 Å². The van der Waals surface area contributed by atoms with Crippen molar-refractivity contribution in [2.75, 3.05) is 6.54 Å². The molecule has 84 valence electrons. The van der Waals surface area contributed by atoms with E-state index >= 15 is 0 Å². The molecule has 0 atom stereocenters. The van der Waals surface area contributed by atoms with Crippen LogP contribution in [-0.2, 0) is 0 Å². The zero-order valence-corrected chi connectivity index (χ0v) is 9.81. The molecule has 14 heavy (non-hydrogen) atoms. The first-order chi connectivity index (χ1) is 6.16. The second kappa shape index (κ2) is 4.61. The van der Waals surface area contributed by atoms with Gasteiger partial charge in [0.1, 0.15) is 5.66 Å². The first kappa shape index (κ1) is 13.2.